The molecule has 0 aromatic carbocycles. The first-order valence-electron chi connectivity index (χ1n) is 6.74. The first-order valence-corrected chi connectivity index (χ1v) is 6.74. The molecule has 0 bridgehead atoms. The molecule has 0 rings (SSSR count). The molecule has 0 fully saturated rings. The van der Waals surface area contributed by atoms with E-state index in [-0.39, 0.29) is 0 Å². The summed E-state index contributed by atoms with van der Waals surface area (Å²) in [6.07, 6.45) is 3.77. The molecule has 0 aliphatic heterocycles. The molecular formula is C14H31N. The molecule has 0 aromatic heterocycles. The lowest BCUT2D eigenvalue weighted by Gasteiger charge is -2.34. The van der Waals surface area contributed by atoms with Gasteiger partial charge in [-0.1, -0.05) is 60.8 Å². The molecule has 3 unspecified atom stereocenters. The summed E-state index contributed by atoms with van der Waals surface area (Å²) in [5.41, 5.74) is 6.32. The normalized spacial score (nSPS) is 20.0. The monoisotopic (exact) mass is 213 g/mol. The van der Waals surface area contributed by atoms with Gasteiger partial charge in [0.15, 0.2) is 0 Å². The van der Waals surface area contributed by atoms with Gasteiger partial charge in [-0.15, -0.1) is 0 Å². The molecule has 0 spiro atoms. The SMILES string of the molecule is CCC(CC)C(C)C(C)[C@H](N)C(C)CC. The first kappa shape index (κ1) is 15.0. The standard InChI is InChI=1S/C14H31N/c1-7-10(4)14(15)12(6)11(5)13(8-2)9-3/h10-14H,7-9,15H2,1-6H3/t10?,11?,12?,14-/m1/s1. The van der Waals surface area contributed by atoms with Gasteiger partial charge in [-0.25, -0.2) is 0 Å². The Bertz CT molecular complexity index is 151. The van der Waals surface area contributed by atoms with Crippen molar-refractivity contribution in [1.82, 2.24) is 0 Å². The zero-order valence-corrected chi connectivity index (χ0v) is 11.6. The van der Waals surface area contributed by atoms with Gasteiger partial charge in [0.1, 0.15) is 0 Å². The quantitative estimate of drug-likeness (QED) is 0.678. The second-order valence-electron chi connectivity index (χ2n) is 5.26. The number of nitrogens with two attached hydrogens (primary N) is 1. The molecule has 4 atom stereocenters. The molecule has 0 heterocycles. The smallest absolute Gasteiger partial charge is 0.00929 e. The third kappa shape index (κ3) is 4.14. The molecule has 1 heteroatoms. The van der Waals surface area contributed by atoms with Crippen LogP contribution in [0.4, 0.5) is 0 Å². The summed E-state index contributed by atoms with van der Waals surface area (Å²) in [4.78, 5) is 0. The average Bonchev–Trinajstić information content (AvgIpc) is 2.27. The summed E-state index contributed by atoms with van der Waals surface area (Å²) in [6.45, 7) is 13.8. The minimum Gasteiger partial charge on any atom is -0.327 e. The lowest BCUT2D eigenvalue weighted by atomic mass is 9.74. The largest absolute Gasteiger partial charge is 0.327 e. The molecular weight excluding hydrogens is 182 g/mol. The highest BCUT2D eigenvalue weighted by Crippen LogP contribution is 2.30. The summed E-state index contributed by atoms with van der Waals surface area (Å²) < 4.78 is 0. The van der Waals surface area contributed by atoms with Gasteiger partial charge >= 0.3 is 0 Å². The zero-order valence-electron chi connectivity index (χ0n) is 11.6. The van der Waals surface area contributed by atoms with Crippen LogP contribution in [-0.2, 0) is 0 Å². The maximum absolute atomic E-state index is 6.32. The summed E-state index contributed by atoms with van der Waals surface area (Å²) in [6, 6.07) is 0.366. The van der Waals surface area contributed by atoms with Gasteiger partial charge in [-0.05, 0) is 23.7 Å². The fourth-order valence-corrected chi connectivity index (χ4v) is 2.60. The highest BCUT2D eigenvalue weighted by Gasteiger charge is 2.27. The van der Waals surface area contributed by atoms with E-state index in [1.54, 1.807) is 0 Å². The van der Waals surface area contributed by atoms with Crippen molar-refractivity contribution in [2.24, 2.45) is 29.4 Å². The molecule has 1 nitrogen and oxygen atoms in total. The van der Waals surface area contributed by atoms with Crippen molar-refractivity contribution >= 4 is 0 Å². The molecule has 0 aliphatic carbocycles. The van der Waals surface area contributed by atoms with E-state index >= 15 is 0 Å². The molecule has 0 aromatic rings. The van der Waals surface area contributed by atoms with Crippen LogP contribution in [-0.4, -0.2) is 6.04 Å². The predicted molar refractivity (Wildman–Crippen MR) is 69.8 cm³/mol. The van der Waals surface area contributed by atoms with Gasteiger partial charge < -0.3 is 5.73 Å². The molecule has 15 heavy (non-hydrogen) atoms. The maximum Gasteiger partial charge on any atom is 0.00929 e. The maximum atomic E-state index is 6.32. The van der Waals surface area contributed by atoms with Crippen LogP contribution in [0.1, 0.15) is 60.8 Å². The van der Waals surface area contributed by atoms with Crippen molar-refractivity contribution < 1.29 is 0 Å². The van der Waals surface area contributed by atoms with Gasteiger partial charge in [-0.2, -0.15) is 0 Å². The van der Waals surface area contributed by atoms with E-state index in [4.69, 9.17) is 5.73 Å². The Hall–Kier alpha value is -0.0400. The van der Waals surface area contributed by atoms with Crippen LogP contribution < -0.4 is 5.73 Å². The zero-order chi connectivity index (χ0) is 12.0. The Balaban J connectivity index is 4.34. The minimum absolute atomic E-state index is 0.366. The summed E-state index contributed by atoms with van der Waals surface area (Å²) in [5.74, 6) is 2.89. The van der Waals surface area contributed by atoms with Crippen molar-refractivity contribution in [2.45, 2.75) is 66.8 Å². The number of hydrogen-bond acceptors (Lipinski definition) is 1. The van der Waals surface area contributed by atoms with E-state index in [1.165, 1.54) is 19.3 Å². The van der Waals surface area contributed by atoms with Crippen LogP contribution >= 0.6 is 0 Å². The van der Waals surface area contributed by atoms with Gasteiger partial charge in [-0.3, -0.25) is 0 Å². The molecule has 0 saturated carbocycles. The van der Waals surface area contributed by atoms with Crippen LogP contribution in [0.5, 0.6) is 0 Å². The van der Waals surface area contributed by atoms with Gasteiger partial charge in [0.05, 0.1) is 0 Å². The van der Waals surface area contributed by atoms with Crippen molar-refractivity contribution in [3.05, 3.63) is 0 Å². The molecule has 0 radical (unpaired) electrons. The van der Waals surface area contributed by atoms with Crippen LogP contribution in [0.15, 0.2) is 0 Å². The third-order valence-electron chi connectivity index (χ3n) is 4.53. The average molecular weight is 213 g/mol. The molecule has 0 aliphatic rings. The lowest BCUT2D eigenvalue weighted by molar-refractivity contribution is 0.189. The second kappa shape index (κ2) is 7.27. The summed E-state index contributed by atoms with van der Waals surface area (Å²) >= 11 is 0. The number of hydrogen-bond donors (Lipinski definition) is 1. The summed E-state index contributed by atoms with van der Waals surface area (Å²) in [7, 11) is 0. The molecule has 2 N–H and O–H groups in total. The Morgan fingerprint density at radius 1 is 0.800 bits per heavy atom. The fourth-order valence-electron chi connectivity index (χ4n) is 2.60. The van der Waals surface area contributed by atoms with E-state index in [9.17, 15) is 0 Å². The summed E-state index contributed by atoms with van der Waals surface area (Å²) in [5, 5.41) is 0. The Morgan fingerprint density at radius 3 is 1.60 bits per heavy atom. The van der Waals surface area contributed by atoms with Crippen LogP contribution in [0, 0.1) is 23.7 Å². The Morgan fingerprint density at radius 2 is 1.27 bits per heavy atom. The predicted octanol–water partition coefficient (Wildman–Crippen LogP) is 4.07. The third-order valence-corrected chi connectivity index (χ3v) is 4.53. The molecule has 0 saturated heterocycles. The molecule has 0 amide bonds. The molecule has 92 valence electrons. The van der Waals surface area contributed by atoms with Gasteiger partial charge in [0.25, 0.3) is 0 Å². The van der Waals surface area contributed by atoms with E-state index in [0.717, 1.165) is 11.8 Å². The van der Waals surface area contributed by atoms with Crippen molar-refractivity contribution in [2.75, 3.05) is 0 Å². The van der Waals surface area contributed by atoms with Gasteiger partial charge in [0, 0.05) is 6.04 Å². The van der Waals surface area contributed by atoms with Gasteiger partial charge in [0.2, 0.25) is 0 Å². The van der Waals surface area contributed by atoms with E-state index < -0.39 is 0 Å². The lowest BCUT2D eigenvalue weighted by Crippen LogP contribution is -2.39. The fraction of sp³-hybridized carbons (Fsp3) is 1.00. The van der Waals surface area contributed by atoms with Crippen LogP contribution in [0.2, 0.25) is 0 Å². The Kier molecular flexibility index (Phi) is 7.25. The number of rotatable bonds is 7. The highest BCUT2D eigenvalue weighted by molar-refractivity contribution is 4.80. The topological polar surface area (TPSA) is 26.0 Å². The van der Waals surface area contributed by atoms with Crippen molar-refractivity contribution in [1.29, 1.82) is 0 Å². The van der Waals surface area contributed by atoms with Crippen molar-refractivity contribution in [3.8, 4) is 0 Å². The van der Waals surface area contributed by atoms with Crippen LogP contribution in [0.25, 0.3) is 0 Å². The highest BCUT2D eigenvalue weighted by atomic mass is 14.7. The van der Waals surface area contributed by atoms with E-state index in [1.807, 2.05) is 0 Å². The minimum atomic E-state index is 0.366. The first-order chi connectivity index (χ1) is 6.99. The Labute approximate surface area is 96.8 Å². The van der Waals surface area contributed by atoms with Crippen LogP contribution in [0.3, 0.4) is 0 Å². The second-order valence-corrected chi connectivity index (χ2v) is 5.26. The van der Waals surface area contributed by atoms with E-state index in [2.05, 4.69) is 41.5 Å². The van der Waals surface area contributed by atoms with Crippen molar-refractivity contribution in [3.63, 3.8) is 0 Å². The van der Waals surface area contributed by atoms with E-state index in [0.29, 0.717) is 17.9 Å².